The van der Waals surface area contributed by atoms with Gasteiger partial charge >= 0.3 is 0 Å². The van der Waals surface area contributed by atoms with Gasteiger partial charge in [0.1, 0.15) is 11.5 Å². The van der Waals surface area contributed by atoms with E-state index in [2.05, 4.69) is 10.3 Å². The van der Waals surface area contributed by atoms with Crippen LogP contribution < -0.4 is 25.2 Å². The van der Waals surface area contributed by atoms with Gasteiger partial charge in [0.15, 0.2) is 5.82 Å². The smallest absolute Gasteiger partial charge is 0.293 e. The van der Waals surface area contributed by atoms with Crippen LogP contribution in [-0.4, -0.2) is 42.8 Å². The minimum atomic E-state index is -0.217. The summed E-state index contributed by atoms with van der Waals surface area (Å²) in [6, 6.07) is 13.2. The Hall–Kier alpha value is -3.55. The molecule has 3 aromatic rings. The first-order chi connectivity index (χ1) is 16.0. The van der Waals surface area contributed by atoms with Crippen molar-refractivity contribution in [3.05, 3.63) is 58.4 Å². The first-order valence-corrected chi connectivity index (χ1v) is 11.3. The van der Waals surface area contributed by atoms with E-state index in [0.29, 0.717) is 43.5 Å². The zero-order valence-electron chi connectivity index (χ0n) is 19.3. The molecule has 0 bridgehead atoms. The van der Waals surface area contributed by atoms with Crippen LogP contribution in [0, 0.1) is 5.92 Å². The number of carbonyl (C=O) groups excluding carboxylic acids is 1. The Morgan fingerprint density at radius 2 is 2.00 bits per heavy atom. The van der Waals surface area contributed by atoms with Crippen LogP contribution in [0.4, 0.5) is 5.82 Å². The van der Waals surface area contributed by atoms with E-state index < -0.39 is 0 Å². The number of methoxy groups -OCH3 is 2. The van der Waals surface area contributed by atoms with Crippen molar-refractivity contribution in [3.8, 4) is 11.5 Å². The minimum absolute atomic E-state index is 0.0332. The molecule has 1 aliphatic heterocycles. The van der Waals surface area contributed by atoms with E-state index in [4.69, 9.17) is 9.47 Å². The molecule has 1 aliphatic rings. The molecular formula is C25H30N4O4. The Morgan fingerprint density at radius 3 is 2.76 bits per heavy atom. The number of rotatable bonds is 7. The molecular weight excluding hydrogens is 420 g/mol. The molecule has 33 heavy (non-hydrogen) atoms. The van der Waals surface area contributed by atoms with Gasteiger partial charge in [-0.25, -0.2) is 4.98 Å². The molecule has 2 heterocycles. The number of ether oxygens (including phenoxy) is 2. The lowest BCUT2D eigenvalue weighted by Crippen LogP contribution is -2.45. The van der Waals surface area contributed by atoms with Crippen molar-refractivity contribution < 1.29 is 14.3 Å². The van der Waals surface area contributed by atoms with Gasteiger partial charge in [0.25, 0.3) is 5.56 Å². The summed E-state index contributed by atoms with van der Waals surface area (Å²) < 4.78 is 12.4. The Morgan fingerprint density at radius 1 is 1.18 bits per heavy atom. The van der Waals surface area contributed by atoms with E-state index in [0.717, 1.165) is 29.4 Å². The van der Waals surface area contributed by atoms with E-state index in [1.807, 2.05) is 48.2 Å². The molecule has 1 unspecified atom stereocenters. The number of benzene rings is 2. The molecule has 1 fully saturated rings. The fraction of sp³-hybridized carbons (Fsp3) is 0.400. The zero-order valence-corrected chi connectivity index (χ0v) is 19.3. The number of nitrogens with one attached hydrogen (secondary N) is 1. The number of piperidine rings is 1. The van der Waals surface area contributed by atoms with Gasteiger partial charge in [-0.15, -0.1) is 0 Å². The Labute approximate surface area is 193 Å². The monoisotopic (exact) mass is 450 g/mol. The van der Waals surface area contributed by atoms with Crippen LogP contribution in [0.15, 0.2) is 47.3 Å². The minimum Gasteiger partial charge on any atom is -0.497 e. The Balaban J connectivity index is 1.50. The highest BCUT2D eigenvalue weighted by Gasteiger charge is 2.28. The van der Waals surface area contributed by atoms with Crippen LogP contribution in [0.25, 0.3) is 11.0 Å². The number of anilines is 1. The second kappa shape index (κ2) is 9.94. The topological polar surface area (TPSA) is 85.7 Å². The predicted molar refractivity (Wildman–Crippen MR) is 128 cm³/mol. The number of nitrogens with zero attached hydrogens (tertiary/aromatic N) is 3. The van der Waals surface area contributed by atoms with Crippen LogP contribution >= 0.6 is 0 Å². The summed E-state index contributed by atoms with van der Waals surface area (Å²) in [7, 11) is 3.20. The predicted octanol–water partition coefficient (Wildman–Crippen LogP) is 2.97. The molecule has 8 nitrogen and oxygen atoms in total. The van der Waals surface area contributed by atoms with Crippen LogP contribution in [0.3, 0.4) is 0 Å². The van der Waals surface area contributed by atoms with E-state index in [1.165, 1.54) is 0 Å². The second-order valence-corrected chi connectivity index (χ2v) is 8.15. The van der Waals surface area contributed by atoms with Crippen molar-refractivity contribution in [1.29, 1.82) is 0 Å². The van der Waals surface area contributed by atoms with Crippen molar-refractivity contribution in [2.24, 2.45) is 5.92 Å². The molecule has 2 aromatic carbocycles. The average Bonchev–Trinajstić information content (AvgIpc) is 2.86. The summed E-state index contributed by atoms with van der Waals surface area (Å²) in [5.74, 6) is 1.54. The lowest BCUT2D eigenvalue weighted by molar-refractivity contribution is -0.125. The molecule has 1 aromatic heterocycles. The number of hydrogen-bond donors (Lipinski definition) is 1. The van der Waals surface area contributed by atoms with Crippen molar-refractivity contribution in [2.45, 2.75) is 32.9 Å². The first-order valence-electron chi connectivity index (χ1n) is 11.3. The number of aromatic nitrogens is 2. The fourth-order valence-electron chi connectivity index (χ4n) is 4.41. The first kappa shape index (κ1) is 22.6. The number of carbonyl (C=O) groups is 1. The molecule has 1 amide bonds. The van der Waals surface area contributed by atoms with E-state index in [-0.39, 0.29) is 17.4 Å². The number of fused-ring (bicyclic) bond motifs is 1. The maximum Gasteiger partial charge on any atom is 0.293 e. The lowest BCUT2D eigenvalue weighted by atomic mass is 9.97. The molecule has 1 saturated heterocycles. The van der Waals surface area contributed by atoms with Gasteiger partial charge in [-0.1, -0.05) is 12.1 Å². The van der Waals surface area contributed by atoms with E-state index >= 15 is 0 Å². The van der Waals surface area contributed by atoms with Gasteiger partial charge < -0.3 is 24.3 Å². The Bertz CT molecular complexity index is 1210. The van der Waals surface area contributed by atoms with Crippen LogP contribution in [0.1, 0.15) is 25.3 Å². The Kier molecular flexibility index (Phi) is 6.82. The number of hydrogen-bond acceptors (Lipinski definition) is 6. The molecule has 1 N–H and O–H groups in total. The number of para-hydroxylation sites is 2. The summed E-state index contributed by atoms with van der Waals surface area (Å²) in [5.41, 5.74) is 2.38. The SMILES string of the molecule is CCn1c(=O)c(N2CCCC(C(=O)NCc3ccc(OC)cc3OC)C2)nc2ccccc21. The van der Waals surface area contributed by atoms with Gasteiger partial charge in [-0.3, -0.25) is 9.59 Å². The molecule has 0 saturated carbocycles. The van der Waals surface area contributed by atoms with Gasteiger partial charge in [-0.2, -0.15) is 0 Å². The zero-order chi connectivity index (χ0) is 23.4. The molecule has 8 heteroatoms. The second-order valence-electron chi connectivity index (χ2n) is 8.15. The molecule has 174 valence electrons. The molecule has 4 rings (SSSR count). The highest BCUT2D eigenvalue weighted by atomic mass is 16.5. The van der Waals surface area contributed by atoms with Gasteiger partial charge in [0, 0.05) is 37.8 Å². The molecule has 0 radical (unpaired) electrons. The maximum absolute atomic E-state index is 13.2. The summed E-state index contributed by atoms with van der Waals surface area (Å²) in [6.07, 6.45) is 1.60. The van der Waals surface area contributed by atoms with Crippen molar-refractivity contribution >= 4 is 22.8 Å². The quantitative estimate of drug-likeness (QED) is 0.596. The number of amides is 1. The molecule has 1 atom stereocenters. The third kappa shape index (κ3) is 4.65. The van der Waals surface area contributed by atoms with Crippen LogP contribution in [-0.2, 0) is 17.9 Å². The van der Waals surface area contributed by atoms with Crippen molar-refractivity contribution in [1.82, 2.24) is 14.9 Å². The van der Waals surface area contributed by atoms with Crippen molar-refractivity contribution in [2.75, 3.05) is 32.2 Å². The third-order valence-electron chi connectivity index (χ3n) is 6.19. The van der Waals surface area contributed by atoms with Gasteiger partial charge in [-0.05, 0) is 44.0 Å². The standard InChI is InChI=1S/C25H30N4O4/c1-4-29-21-10-6-5-9-20(21)27-23(25(29)31)28-13-7-8-18(16-28)24(30)26-15-17-11-12-19(32-2)14-22(17)33-3/h5-6,9-12,14,18H,4,7-8,13,15-16H2,1-3H3,(H,26,30). The third-order valence-corrected chi connectivity index (χ3v) is 6.19. The highest BCUT2D eigenvalue weighted by Crippen LogP contribution is 2.25. The summed E-state index contributed by atoms with van der Waals surface area (Å²) in [4.78, 5) is 32.8. The average molecular weight is 451 g/mol. The summed E-state index contributed by atoms with van der Waals surface area (Å²) in [5, 5.41) is 3.03. The lowest BCUT2D eigenvalue weighted by Gasteiger charge is -2.32. The molecule has 0 aliphatic carbocycles. The summed E-state index contributed by atoms with van der Waals surface area (Å²) in [6.45, 7) is 4.06. The van der Waals surface area contributed by atoms with Gasteiger partial charge in [0.05, 0.1) is 31.2 Å². The van der Waals surface area contributed by atoms with E-state index in [1.54, 1.807) is 24.9 Å². The van der Waals surface area contributed by atoms with Crippen LogP contribution in [0.2, 0.25) is 0 Å². The van der Waals surface area contributed by atoms with Crippen LogP contribution in [0.5, 0.6) is 11.5 Å². The highest BCUT2D eigenvalue weighted by molar-refractivity contribution is 5.80. The summed E-state index contributed by atoms with van der Waals surface area (Å²) >= 11 is 0. The van der Waals surface area contributed by atoms with Gasteiger partial charge in [0.2, 0.25) is 5.91 Å². The van der Waals surface area contributed by atoms with Crippen molar-refractivity contribution in [3.63, 3.8) is 0 Å². The fourth-order valence-corrected chi connectivity index (χ4v) is 4.41. The molecule has 0 spiro atoms. The number of aryl methyl sites for hydroxylation is 1. The van der Waals surface area contributed by atoms with E-state index in [9.17, 15) is 9.59 Å². The normalized spacial score (nSPS) is 16.0. The largest absolute Gasteiger partial charge is 0.497 e. The maximum atomic E-state index is 13.2.